The van der Waals surface area contributed by atoms with E-state index in [9.17, 15) is 39.9 Å². The Kier molecular flexibility index (Phi) is 13.8. The summed E-state index contributed by atoms with van der Waals surface area (Å²) in [7, 11) is 1.41. The SMILES string of the molecule is COC1C=COC2(C)Oc3c(C)c(O)c4c(O)c(c(/C=N/OCCO)c(O)c4c3C2=O)NC(=O)C(C)=CC=CC(C)C(O)C(C)C(O)C(C)C(OC(C)=O)C1C. The molecular weight excluding hydrogens is 732 g/mol. The predicted molar refractivity (Wildman–Crippen MR) is 204 cm³/mol. The van der Waals surface area contributed by atoms with Crippen LogP contribution in [-0.4, -0.2) is 105 Å². The highest BCUT2D eigenvalue weighted by Gasteiger charge is 2.50. The zero-order chi connectivity index (χ0) is 41.8. The number of hydrogen-bond donors (Lipinski definition) is 7. The number of esters is 1. The first-order chi connectivity index (χ1) is 26.3. The number of carbonyl (C=O) groups excluding carboxylic acids is 3. The van der Waals surface area contributed by atoms with Crippen LogP contribution in [0.3, 0.4) is 0 Å². The van der Waals surface area contributed by atoms with E-state index in [2.05, 4.69) is 10.5 Å². The lowest BCUT2D eigenvalue weighted by molar-refractivity contribution is -0.160. The molecule has 3 aliphatic rings. The number of amides is 1. The summed E-state index contributed by atoms with van der Waals surface area (Å²) >= 11 is 0. The van der Waals surface area contributed by atoms with Crippen LogP contribution in [0.4, 0.5) is 5.69 Å². The molecule has 16 nitrogen and oxygen atoms in total. The fourth-order valence-corrected chi connectivity index (χ4v) is 7.06. The number of oxime groups is 1. The Balaban J connectivity index is 1.97. The number of aliphatic hydroxyl groups excluding tert-OH is 3. The number of benzene rings is 2. The largest absolute Gasteiger partial charge is 0.507 e. The van der Waals surface area contributed by atoms with Gasteiger partial charge in [0.2, 0.25) is 0 Å². The van der Waals surface area contributed by atoms with Crippen LogP contribution < -0.4 is 10.1 Å². The molecule has 1 amide bonds. The summed E-state index contributed by atoms with van der Waals surface area (Å²) in [6.07, 6.45) is 4.24. The highest BCUT2D eigenvalue weighted by molar-refractivity contribution is 6.23. The molecule has 2 aromatic carbocycles. The normalized spacial score (nSPS) is 29.0. The quantitative estimate of drug-likeness (QED) is 0.0545. The first-order valence-electron chi connectivity index (χ1n) is 18.2. The Bertz CT molecular complexity index is 1950. The van der Waals surface area contributed by atoms with Gasteiger partial charge in [0, 0.05) is 61.2 Å². The second kappa shape index (κ2) is 17.7. The van der Waals surface area contributed by atoms with Crippen molar-refractivity contribution in [1.82, 2.24) is 0 Å². The summed E-state index contributed by atoms with van der Waals surface area (Å²) in [5.41, 5.74) is -0.836. The molecule has 0 radical (unpaired) electrons. The third-order valence-electron chi connectivity index (χ3n) is 10.5. The molecule has 0 fully saturated rings. The summed E-state index contributed by atoms with van der Waals surface area (Å²) < 4.78 is 23.4. The molecule has 3 aliphatic heterocycles. The van der Waals surface area contributed by atoms with Gasteiger partial charge < -0.3 is 59.7 Å². The summed E-state index contributed by atoms with van der Waals surface area (Å²) in [6.45, 7) is 11.7. The van der Waals surface area contributed by atoms with Gasteiger partial charge in [0.05, 0.1) is 59.6 Å². The Morgan fingerprint density at radius 2 is 1.66 bits per heavy atom. The van der Waals surface area contributed by atoms with Gasteiger partial charge in [-0.3, -0.25) is 14.4 Å². The first-order valence-corrected chi connectivity index (χ1v) is 18.2. The van der Waals surface area contributed by atoms with Crippen molar-refractivity contribution in [2.45, 2.75) is 85.6 Å². The number of carbonyl (C=O) groups is 3. The topological polar surface area (TPSA) is 243 Å². The van der Waals surface area contributed by atoms with Crippen LogP contribution in [0.15, 0.2) is 41.3 Å². The number of anilines is 1. The number of phenols is 3. The Morgan fingerprint density at radius 1 is 0.982 bits per heavy atom. The van der Waals surface area contributed by atoms with Crippen molar-refractivity contribution in [2.75, 3.05) is 25.6 Å². The predicted octanol–water partition coefficient (Wildman–Crippen LogP) is 4.10. The molecule has 5 rings (SSSR count). The number of rotatable bonds is 6. The van der Waals surface area contributed by atoms with E-state index in [1.807, 2.05) is 0 Å². The monoisotopic (exact) mass is 784 g/mol. The van der Waals surface area contributed by atoms with E-state index in [-0.39, 0.29) is 45.4 Å². The molecule has 0 aliphatic carbocycles. The van der Waals surface area contributed by atoms with Crippen LogP contribution in [0, 0.1) is 30.6 Å². The van der Waals surface area contributed by atoms with Crippen molar-refractivity contribution >= 4 is 40.3 Å². The van der Waals surface area contributed by atoms with E-state index in [4.69, 9.17) is 28.9 Å². The van der Waals surface area contributed by atoms with Crippen molar-refractivity contribution in [3.05, 3.63) is 52.8 Å². The van der Waals surface area contributed by atoms with Gasteiger partial charge in [0.15, 0.2) is 5.75 Å². The number of methoxy groups -OCH3 is 1. The Morgan fingerprint density at radius 3 is 2.29 bits per heavy atom. The zero-order valence-corrected chi connectivity index (χ0v) is 32.9. The van der Waals surface area contributed by atoms with Crippen molar-refractivity contribution in [3.63, 3.8) is 0 Å². The maximum absolute atomic E-state index is 14.2. The highest BCUT2D eigenvalue weighted by Crippen LogP contribution is 2.55. The van der Waals surface area contributed by atoms with Crippen LogP contribution >= 0.6 is 0 Å². The minimum Gasteiger partial charge on any atom is -0.507 e. The van der Waals surface area contributed by atoms with Crippen molar-refractivity contribution in [3.8, 4) is 23.0 Å². The Labute approximate surface area is 324 Å². The van der Waals surface area contributed by atoms with Gasteiger partial charge in [0.1, 0.15) is 30.0 Å². The summed E-state index contributed by atoms with van der Waals surface area (Å²) in [6, 6.07) is 0. The molecule has 56 heavy (non-hydrogen) atoms. The second-order valence-corrected chi connectivity index (χ2v) is 14.4. The van der Waals surface area contributed by atoms with Gasteiger partial charge in [-0.05, 0) is 19.9 Å². The smallest absolute Gasteiger partial charge is 0.312 e. The van der Waals surface area contributed by atoms with Gasteiger partial charge >= 0.3 is 11.8 Å². The molecule has 0 saturated carbocycles. The maximum Gasteiger partial charge on any atom is 0.312 e. The van der Waals surface area contributed by atoms with E-state index in [1.54, 1.807) is 33.8 Å². The number of hydrogen-bond acceptors (Lipinski definition) is 15. The molecule has 0 aromatic heterocycles. The molecule has 9 atom stereocenters. The van der Waals surface area contributed by atoms with E-state index in [0.717, 1.165) is 12.5 Å². The number of ketones is 1. The highest BCUT2D eigenvalue weighted by atomic mass is 16.7. The molecular formula is C40H52N2O14. The molecule has 0 saturated heterocycles. The van der Waals surface area contributed by atoms with Gasteiger partial charge in [-0.25, -0.2) is 0 Å². The summed E-state index contributed by atoms with van der Waals surface area (Å²) in [5, 5.41) is 72.3. The standard InChI is InChI=1S/C40H52N2O14/c1-18-11-10-12-19(2)39(51)42-30-25(17-41-54-16-14-43)34(48)27-28(35(30)49)33(47)23(6)37-29(27)38(50)40(8,56-37)53-15-13-26(52-9)20(3)36(55-24(7)44)22(5)32(46)21(4)31(18)45/h10-13,15,17-18,20-22,26,31-32,36,43,45-49H,14,16H2,1-9H3,(H,42,51)/b11-10?,15-13?,19-12?,41-17+. The van der Waals surface area contributed by atoms with Crippen LogP contribution in [-0.2, 0) is 28.6 Å². The number of nitrogens with zero attached hydrogens (tertiary/aromatic N) is 1. The Hall–Kier alpha value is -5.16. The molecule has 306 valence electrons. The van der Waals surface area contributed by atoms with Crippen molar-refractivity contribution in [1.29, 1.82) is 0 Å². The summed E-state index contributed by atoms with van der Waals surface area (Å²) in [5.74, 6) is -8.94. The number of allylic oxidation sites excluding steroid dienone is 2. The number of nitrogens with one attached hydrogen (secondary N) is 1. The van der Waals surface area contributed by atoms with Crippen molar-refractivity contribution in [2.24, 2.45) is 28.8 Å². The number of aromatic hydroxyl groups is 3. The molecule has 2 aromatic rings. The first kappa shape index (κ1) is 43.6. The van der Waals surface area contributed by atoms with E-state index in [0.29, 0.717) is 0 Å². The van der Waals surface area contributed by atoms with E-state index in [1.165, 1.54) is 53.0 Å². The molecule has 7 N–H and O–H groups in total. The molecule has 0 spiro atoms. The van der Waals surface area contributed by atoms with Crippen LogP contribution in [0.25, 0.3) is 10.8 Å². The average Bonchev–Trinajstić information content (AvgIpc) is 3.42. The fraction of sp³-hybridized carbons (Fsp3) is 0.500. The minimum absolute atomic E-state index is 0.00857. The van der Waals surface area contributed by atoms with Crippen molar-refractivity contribution < 1.29 is 68.8 Å². The fourth-order valence-electron chi connectivity index (χ4n) is 7.06. The number of ether oxygens (including phenoxy) is 4. The van der Waals surface area contributed by atoms with E-state index >= 15 is 0 Å². The number of fused-ring (bicyclic) bond motifs is 14. The van der Waals surface area contributed by atoms with Gasteiger partial charge in [-0.1, -0.05) is 51.1 Å². The third kappa shape index (κ3) is 8.48. The van der Waals surface area contributed by atoms with Crippen LogP contribution in [0.1, 0.15) is 70.0 Å². The number of Topliss-reactive ketones (excluding diaryl/α,β-unsaturated/α-hetero) is 1. The molecule has 9 unspecified atom stereocenters. The minimum atomic E-state index is -2.08. The number of aliphatic hydroxyl groups is 3. The maximum atomic E-state index is 14.2. The lowest BCUT2D eigenvalue weighted by Gasteiger charge is -2.38. The van der Waals surface area contributed by atoms with E-state index < -0.39 is 101 Å². The second-order valence-electron chi connectivity index (χ2n) is 14.4. The van der Waals surface area contributed by atoms with Crippen LogP contribution in [0.5, 0.6) is 23.0 Å². The lowest BCUT2D eigenvalue weighted by Crippen LogP contribution is -2.46. The van der Waals surface area contributed by atoms with Gasteiger partial charge in [-0.2, -0.15) is 0 Å². The molecule has 16 heteroatoms. The third-order valence-corrected chi connectivity index (χ3v) is 10.5. The zero-order valence-electron chi connectivity index (χ0n) is 32.9. The van der Waals surface area contributed by atoms with Crippen LogP contribution in [0.2, 0.25) is 0 Å². The van der Waals surface area contributed by atoms with Gasteiger partial charge in [0.25, 0.3) is 11.7 Å². The summed E-state index contributed by atoms with van der Waals surface area (Å²) in [4.78, 5) is 45.0. The van der Waals surface area contributed by atoms with Gasteiger partial charge in [-0.15, -0.1) is 0 Å². The lowest BCUT2D eigenvalue weighted by atomic mass is 9.78. The molecule has 3 heterocycles. The molecule has 5 bridgehead atoms. The average molecular weight is 785 g/mol. The number of phenolic OH excluding ortho intramolecular Hbond substituents is 3.